The Balaban J connectivity index is 0. The van der Waals surface area contributed by atoms with Gasteiger partial charge in [-0.05, 0) is 112 Å². The standard InChI is InChI=1S/C27H20.C13H11N.C13H12.C7H8.9C2H6.CH4/c1-17-9-7-15-23-25(17)19-11-3-5-13-21(19)27(23)22-14-6-4-12-20(22)26-18(2)10-8-16-24(26)27;1-14-12-8-4-2-6-10(12)11-7-3-5-9-13(11)14;1-11-7-5-6-10-13(11)12-8-3-2-4-9-12;1-7-5-3-2-4-6-7;9*1-2;/h3-16H,1-2H3;2-9H,1H3;2-10H,1H3;2-6H,1H3;9*1-2H3;1H4. The third-order valence-corrected chi connectivity index (χ3v) is 12.5. The second kappa shape index (κ2) is 42.7. The fourth-order valence-corrected chi connectivity index (χ4v) is 9.77. The molecule has 2 aliphatic rings. The average molecular weight is 1070 g/mol. The van der Waals surface area contributed by atoms with Gasteiger partial charge in [-0.1, -0.05) is 344 Å². The molecule has 80 heavy (non-hydrogen) atoms. The highest BCUT2D eigenvalue weighted by Crippen LogP contribution is 2.63. The largest absolute Gasteiger partial charge is 0.344 e. The SMILES string of the molecule is C.CC.CC.CC.CC.CC.CC.CC.CC.CC.Cc1cccc2c1-c1ccccc1C21c2ccccc2-c2c(C)cccc21.Cc1ccccc1.Cc1ccccc1-c1ccccc1.Cn1c2ccccc2c2ccccc21. The third-order valence-electron chi connectivity index (χ3n) is 12.5. The van der Waals surface area contributed by atoms with Crippen LogP contribution in [-0.4, -0.2) is 4.57 Å². The molecule has 0 bridgehead atoms. The zero-order chi connectivity index (χ0) is 59.9. The van der Waals surface area contributed by atoms with Crippen LogP contribution in [0.25, 0.3) is 55.2 Å². The highest BCUT2D eigenvalue weighted by molar-refractivity contribution is 6.07. The molecule has 1 heteroatoms. The van der Waals surface area contributed by atoms with Gasteiger partial charge in [0.05, 0.1) is 5.41 Å². The summed E-state index contributed by atoms with van der Waals surface area (Å²) in [7, 11) is 2.12. The van der Waals surface area contributed by atoms with Crippen molar-refractivity contribution in [2.45, 2.75) is 165 Å². The number of hydrogen-bond acceptors (Lipinski definition) is 0. The molecule has 0 fully saturated rings. The summed E-state index contributed by atoms with van der Waals surface area (Å²) >= 11 is 0. The maximum atomic E-state index is 2.34. The Kier molecular flexibility index (Phi) is 39.9. The Bertz CT molecular complexity index is 2980. The molecule has 0 radical (unpaired) electrons. The molecular formula is C79H109N. The first-order chi connectivity index (χ1) is 38.9. The van der Waals surface area contributed by atoms with E-state index >= 15 is 0 Å². The minimum Gasteiger partial charge on any atom is -0.344 e. The molecule has 0 unspecified atom stereocenters. The molecule has 0 amide bonds. The van der Waals surface area contributed by atoms with Crippen LogP contribution in [-0.2, 0) is 12.5 Å². The van der Waals surface area contributed by atoms with Crippen LogP contribution in [0.2, 0.25) is 0 Å². The Morgan fingerprint density at radius 2 is 0.550 bits per heavy atom. The van der Waals surface area contributed by atoms with Crippen LogP contribution in [0, 0.1) is 27.7 Å². The zero-order valence-corrected chi connectivity index (χ0v) is 53.7. The van der Waals surface area contributed by atoms with Gasteiger partial charge in [-0.3, -0.25) is 0 Å². The van der Waals surface area contributed by atoms with Gasteiger partial charge in [-0.2, -0.15) is 0 Å². The Labute approximate surface area is 492 Å². The van der Waals surface area contributed by atoms with Gasteiger partial charge >= 0.3 is 0 Å². The molecule has 2 aliphatic carbocycles. The molecule has 9 aromatic carbocycles. The zero-order valence-electron chi connectivity index (χ0n) is 53.7. The van der Waals surface area contributed by atoms with Crippen molar-refractivity contribution < 1.29 is 0 Å². The second-order valence-electron chi connectivity index (χ2n) is 16.3. The summed E-state index contributed by atoms with van der Waals surface area (Å²) in [6.45, 7) is 44.7. The molecule has 0 N–H and O–H groups in total. The smallest absolute Gasteiger partial charge is 0.0725 e. The number of hydrogen-bond donors (Lipinski definition) is 0. The molecule has 10 aromatic rings. The van der Waals surface area contributed by atoms with Crippen molar-refractivity contribution in [1.82, 2.24) is 4.57 Å². The van der Waals surface area contributed by atoms with Crippen LogP contribution < -0.4 is 0 Å². The van der Waals surface area contributed by atoms with Crippen LogP contribution in [0.4, 0.5) is 0 Å². The number of fused-ring (bicyclic) bond motifs is 13. The fraction of sp³-hybridized carbons (Fsp3) is 0.316. The average Bonchev–Trinajstić information content (AvgIpc) is 4.36. The van der Waals surface area contributed by atoms with Crippen molar-refractivity contribution in [2.24, 2.45) is 7.05 Å². The number of rotatable bonds is 1. The summed E-state index contributed by atoms with van der Waals surface area (Å²) in [4.78, 5) is 0. The van der Waals surface area contributed by atoms with Crippen molar-refractivity contribution in [3.05, 3.63) is 263 Å². The van der Waals surface area contributed by atoms with E-state index in [9.17, 15) is 0 Å². The van der Waals surface area contributed by atoms with Gasteiger partial charge in [0.1, 0.15) is 0 Å². The first kappa shape index (κ1) is 74.9. The van der Waals surface area contributed by atoms with E-state index in [1.165, 1.54) is 99.7 Å². The van der Waals surface area contributed by atoms with E-state index in [1.54, 1.807) is 0 Å². The van der Waals surface area contributed by atoms with Crippen LogP contribution in [0.1, 0.15) is 177 Å². The Morgan fingerprint density at radius 3 is 0.912 bits per heavy atom. The molecule has 1 aromatic heterocycles. The molecule has 0 atom stereocenters. The Morgan fingerprint density at radius 1 is 0.263 bits per heavy atom. The highest BCUT2D eigenvalue weighted by atomic mass is 14.9. The molecular weight excluding hydrogens is 963 g/mol. The number of nitrogens with zero attached hydrogens (tertiary/aromatic N) is 1. The molecule has 430 valence electrons. The van der Waals surface area contributed by atoms with Crippen molar-refractivity contribution >= 4 is 21.8 Å². The molecule has 1 heterocycles. The van der Waals surface area contributed by atoms with Crippen molar-refractivity contribution in [2.75, 3.05) is 0 Å². The Hall–Kier alpha value is -7.22. The number of aryl methyl sites for hydroxylation is 5. The molecule has 1 spiro atoms. The van der Waals surface area contributed by atoms with E-state index in [1.807, 2.05) is 149 Å². The lowest BCUT2D eigenvalue weighted by molar-refractivity contribution is 0.793. The third kappa shape index (κ3) is 17.6. The minimum absolute atomic E-state index is 0. The van der Waals surface area contributed by atoms with E-state index in [-0.39, 0.29) is 12.8 Å². The maximum Gasteiger partial charge on any atom is 0.0725 e. The summed E-state index contributed by atoms with van der Waals surface area (Å²) in [5.74, 6) is 0. The molecule has 1 nitrogen and oxygen atoms in total. The van der Waals surface area contributed by atoms with Gasteiger partial charge < -0.3 is 4.57 Å². The molecule has 0 aliphatic heterocycles. The lowest BCUT2D eigenvalue weighted by atomic mass is 9.70. The first-order valence-electron chi connectivity index (χ1n) is 30.3. The molecule has 0 saturated heterocycles. The topological polar surface area (TPSA) is 4.93 Å². The van der Waals surface area contributed by atoms with Gasteiger partial charge in [0.25, 0.3) is 0 Å². The van der Waals surface area contributed by atoms with Crippen LogP contribution >= 0.6 is 0 Å². The first-order valence-corrected chi connectivity index (χ1v) is 30.3. The van der Waals surface area contributed by atoms with Crippen LogP contribution in [0.5, 0.6) is 0 Å². The number of para-hydroxylation sites is 2. The normalized spacial score (nSPS) is 9.94. The van der Waals surface area contributed by atoms with E-state index in [2.05, 4.69) is 233 Å². The summed E-state index contributed by atoms with van der Waals surface area (Å²) in [5.41, 5.74) is 21.7. The monoisotopic (exact) mass is 1070 g/mol. The molecule has 0 saturated carbocycles. The highest BCUT2D eigenvalue weighted by Gasteiger charge is 2.52. The minimum atomic E-state index is -0.199. The van der Waals surface area contributed by atoms with Crippen molar-refractivity contribution in [1.29, 1.82) is 0 Å². The predicted molar refractivity (Wildman–Crippen MR) is 369 cm³/mol. The molecule has 12 rings (SSSR count). The second-order valence-corrected chi connectivity index (χ2v) is 16.3. The maximum absolute atomic E-state index is 2.34. The van der Waals surface area contributed by atoms with Crippen LogP contribution in [0.3, 0.4) is 0 Å². The van der Waals surface area contributed by atoms with Gasteiger partial charge in [0.2, 0.25) is 0 Å². The number of benzene rings is 9. The van der Waals surface area contributed by atoms with Crippen LogP contribution in [0.15, 0.2) is 218 Å². The summed E-state index contributed by atoms with van der Waals surface area (Å²) in [6.07, 6.45) is 0. The van der Waals surface area contributed by atoms with Gasteiger partial charge in [0.15, 0.2) is 0 Å². The summed E-state index contributed by atoms with van der Waals surface area (Å²) in [5, 5.41) is 2.68. The van der Waals surface area contributed by atoms with E-state index in [0.717, 1.165) is 0 Å². The lowest BCUT2D eigenvalue weighted by Gasteiger charge is -2.30. The van der Waals surface area contributed by atoms with E-state index in [0.29, 0.717) is 0 Å². The van der Waals surface area contributed by atoms with Crippen molar-refractivity contribution in [3.63, 3.8) is 0 Å². The van der Waals surface area contributed by atoms with E-state index < -0.39 is 0 Å². The number of aromatic nitrogens is 1. The lowest BCUT2D eigenvalue weighted by Crippen LogP contribution is -2.25. The summed E-state index contributed by atoms with van der Waals surface area (Å²) < 4.78 is 2.24. The van der Waals surface area contributed by atoms with Gasteiger partial charge in [-0.15, -0.1) is 0 Å². The van der Waals surface area contributed by atoms with Crippen molar-refractivity contribution in [3.8, 4) is 33.4 Å². The predicted octanol–water partition coefficient (Wildman–Crippen LogP) is 25.5. The van der Waals surface area contributed by atoms with Gasteiger partial charge in [-0.25, -0.2) is 0 Å². The van der Waals surface area contributed by atoms with Gasteiger partial charge in [0, 0.05) is 28.9 Å². The summed E-state index contributed by atoms with van der Waals surface area (Å²) in [6, 6.07) is 77.8. The van der Waals surface area contributed by atoms with E-state index in [4.69, 9.17) is 0 Å². The quantitative estimate of drug-likeness (QED) is 0.154. The fourth-order valence-electron chi connectivity index (χ4n) is 9.77.